The number of benzene rings is 1. The Morgan fingerprint density at radius 1 is 1.30 bits per heavy atom. The Bertz CT molecular complexity index is 702. The van der Waals surface area contributed by atoms with E-state index < -0.39 is 24.0 Å². The first-order chi connectivity index (χ1) is 12.9. The monoisotopic (exact) mass is 374 g/mol. The summed E-state index contributed by atoms with van der Waals surface area (Å²) in [5.41, 5.74) is 1.26. The van der Waals surface area contributed by atoms with Crippen molar-refractivity contribution in [1.29, 1.82) is 0 Å². The minimum atomic E-state index is -1.01. The zero-order valence-electron chi connectivity index (χ0n) is 15.8. The Balaban J connectivity index is 2.12. The van der Waals surface area contributed by atoms with E-state index in [1.165, 1.54) is 4.90 Å². The first-order valence-corrected chi connectivity index (χ1v) is 9.25. The third kappa shape index (κ3) is 5.64. The largest absolute Gasteiger partial charge is 0.480 e. The summed E-state index contributed by atoms with van der Waals surface area (Å²) in [6.07, 6.45) is 2.04. The maximum Gasteiger partial charge on any atom is 0.352 e. The van der Waals surface area contributed by atoms with Crippen molar-refractivity contribution in [2.45, 2.75) is 51.6 Å². The van der Waals surface area contributed by atoms with Gasteiger partial charge in [-0.2, -0.15) is 0 Å². The summed E-state index contributed by atoms with van der Waals surface area (Å²) in [4.78, 5) is 41.9. The molecule has 0 radical (unpaired) electrons. The van der Waals surface area contributed by atoms with E-state index in [1.54, 1.807) is 13.8 Å². The highest BCUT2D eigenvalue weighted by atomic mass is 16.5. The van der Waals surface area contributed by atoms with Gasteiger partial charge in [0, 0.05) is 13.0 Å². The molecule has 7 nitrogen and oxygen atoms in total. The number of carbonyl (C=O) groups excluding carboxylic acids is 2. The van der Waals surface area contributed by atoms with Crippen LogP contribution in [0.25, 0.3) is 0 Å². The normalized spacial score (nSPS) is 18.2. The molecule has 1 N–H and O–H groups in total. The summed E-state index contributed by atoms with van der Waals surface area (Å²) in [5.74, 6) is -1.92. The van der Waals surface area contributed by atoms with Crippen LogP contribution >= 0.6 is 0 Å². The van der Waals surface area contributed by atoms with Crippen molar-refractivity contribution in [3.8, 4) is 0 Å². The molecule has 0 aliphatic carbocycles. The minimum Gasteiger partial charge on any atom is -0.480 e. The van der Waals surface area contributed by atoms with Crippen molar-refractivity contribution in [2.24, 2.45) is 4.99 Å². The number of aliphatic imine (C=N–C) groups is 1. The molecule has 0 bridgehead atoms. The summed E-state index contributed by atoms with van der Waals surface area (Å²) in [5, 5.41) is 9.26. The van der Waals surface area contributed by atoms with Gasteiger partial charge in [-0.3, -0.25) is 9.79 Å². The van der Waals surface area contributed by atoms with Crippen LogP contribution in [0.4, 0.5) is 0 Å². The number of carbonyl (C=O) groups is 3. The average molecular weight is 374 g/mol. The number of aryl methyl sites for hydroxylation is 1. The van der Waals surface area contributed by atoms with Crippen LogP contribution in [-0.2, 0) is 25.5 Å². The summed E-state index contributed by atoms with van der Waals surface area (Å²) >= 11 is 0. The van der Waals surface area contributed by atoms with E-state index >= 15 is 0 Å². The molecule has 7 heteroatoms. The van der Waals surface area contributed by atoms with E-state index in [0.717, 1.165) is 5.56 Å². The maximum absolute atomic E-state index is 12.7. The number of likely N-dealkylation sites (tertiary alicyclic amines) is 1. The average Bonchev–Trinajstić information content (AvgIpc) is 3.15. The van der Waals surface area contributed by atoms with Crippen LogP contribution in [0, 0.1) is 0 Å². The standard InChI is InChI=1S/C20H26N2O5/c1-3-27-20(26)16(12-11-15-8-5-4-6-9-15)21-14(2)18(23)22-13-7-10-17(22)19(24)25/h4-6,8-9,14,17H,3,7,10-13H2,1-2H3,(H,24,25)/t14-,17-/m0/s1. The van der Waals surface area contributed by atoms with Crippen LogP contribution < -0.4 is 0 Å². The van der Waals surface area contributed by atoms with Gasteiger partial charge in [0.1, 0.15) is 17.8 Å². The fraction of sp³-hybridized carbons (Fsp3) is 0.500. The molecule has 27 heavy (non-hydrogen) atoms. The lowest BCUT2D eigenvalue weighted by molar-refractivity contribution is -0.148. The van der Waals surface area contributed by atoms with Gasteiger partial charge in [0.05, 0.1) is 6.61 Å². The maximum atomic E-state index is 12.7. The highest BCUT2D eigenvalue weighted by Crippen LogP contribution is 2.19. The van der Waals surface area contributed by atoms with Crippen LogP contribution in [0.3, 0.4) is 0 Å². The Hall–Kier alpha value is -2.70. The number of carboxylic acids is 1. The van der Waals surface area contributed by atoms with E-state index in [0.29, 0.717) is 32.2 Å². The van der Waals surface area contributed by atoms with Crippen LogP contribution in [0.1, 0.15) is 38.7 Å². The molecule has 1 fully saturated rings. The highest BCUT2D eigenvalue weighted by Gasteiger charge is 2.36. The third-order valence-corrected chi connectivity index (χ3v) is 4.53. The third-order valence-electron chi connectivity index (χ3n) is 4.53. The number of aliphatic carboxylic acids is 1. The lowest BCUT2D eigenvalue weighted by atomic mass is 10.1. The fourth-order valence-corrected chi connectivity index (χ4v) is 3.16. The minimum absolute atomic E-state index is 0.202. The molecule has 0 aromatic heterocycles. The quantitative estimate of drug-likeness (QED) is 0.555. The van der Waals surface area contributed by atoms with Crippen molar-refractivity contribution in [1.82, 2.24) is 4.90 Å². The number of rotatable bonds is 8. The second-order valence-electron chi connectivity index (χ2n) is 6.49. The summed E-state index contributed by atoms with van der Waals surface area (Å²) in [6.45, 7) is 3.91. The van der Waals surface area contributed by atoms with Crippen LogP contribution in [-0.4, -0.2) is 58.8 Å². The molecule has 0 spiro atoms. The second kappa shape index (κ2) is 9.85. The summed E-state index contributed by atoms with van der Waals surface area (Å²) < 4.78 is 5.07. The number of amides is 1. The molecule has 1 heterocycles. The molecule has 0 unspecified atom stereocenters. The van der Waals surface area contributed by atoms with Gasteiger partial charge in [-0.1, -0.05) is 30.3 Å². The van der Waals surface area contributed by atoms with Gasteiger partial charge in [-0.25, -0.2) is 9.59 Å². The smallest absolute Gasteiger partial charge is 0.352 e. The number of nitrogens with zero attached hydrogens (tertiary/aromatic N) is 2. The van der Waals surface area contributed by atoms with Crippen molar-refractivity contribution >= 4 is 23.6 Å². The van der Waals surface area contributed by atoms with Gasteiger partial charge < -0.3 is 14.7 Å². The van der Waals surface area contributed by atoms with Crippen molar-refractivity contribution in [2.75, 3.05) is 13.2 Å². The van der Waals surface area contributed by atoms with Gasteiger partial charge in [0.25, 0.3) is 0 Å². The molecular formula is C20H26N2O5. The molecular weight excluding hydrogens is 348 g/mol. The van der Waals surface area contributed by atoms with Crippen LogP contribution in [0.5, 0.6) is 0 Å². The Morgan fingerprint density at radius 2 is 2.00 bits per heavy atom. The Labute approximate surface area is 159 Å². The van der Waals surface area contributed by atoms with Gasteiger partial charge in [0.2, 0.25) is 5.91 Å². The zero-order chi connectivity index (χ0) is 19.8. The molecule has 1 amide bonds. The van der Waals surface area contributed by atoms with Crippen molar-refractivity contribution < 1.29 is 24.2 Å². The van der Waals surface area contributed by atoms with Gasteiger partial charge in [-0.15, -0.1) is 0 Å². The predicted octanol–water partition coefficient (Wildman–Crippen LogP) is 2.09. The first kappa shape index (κ1) is 20.6. The molecule has 0 saturated carbocycles. The molecule has 146 valence electrons. The van der Waals surface area contributed by atoms with Gasteiger partial charge in [-0.05, 0) is 38.7 Å². The number of hydrogen-bond donors (Lipinski definition) is 1. The predicted molar refractivity (Wildman–Crippen MR) is 101 cm³/mol. The van der Waals surface area contributed by atoms with Crippen LogP contribution in [0.15, 0.2) is 35.3 Å². The van der Waals surface area contributed by atoms with E-state index in [2.05, 4.69) is 4.99 Å². The summed E-state index contributed by atoms with van der Waals surface area (Å²) in [7, 11) is 0. The first-order valence-electron chi connectivity index (χ1n) is 9.25. The fourth-order valence-electron chi connectivity index (χ4n) is 3.16. The topological polar surface area (TPSA) is 96.3 Å². The number of carboxylic acid groups (broad SMARTS) is 1. The second-order valence-corrected chi connectivity index (χ2v) is 6.49. The molecule has 1 aromatic carbocycles. The molecule has 2 rings (SSSR count). The number of esters is 1. The number of hydrogen-bond acceptors (Lipinski definition) is 5. The molecule has 1 saturated heterocycles. The van der Waals surface area contributed by atoms with E-state index in [1.807, 2.05) is 30.3 Å². The summed E-state index contributed by atoms with van der Waals surface area (Å²) in [6, 6.07) is 8.02. The lowest BCUT2D eigenvalue weighted by Crippen LogP contribution is -2.44. The van der Waals surface area contributed by atoms with Crippen LogP contribution in [0.2, 0.25) is 0 Å². The van der Waals surface area contributed by atoms with Gasteiger partial charge >= 0.3 is 11.9 Å². The van der Waals surface area contributed by atoms with Crippen molar-refractivity contribution in [3.05, 3.63) is 35.9 Å². The van der Waals surface area contributed by atoms with Crippen molar-refractivity contribution in [3.63, 3.8) is 0 Å². The van der Waals surface area contributed by atoms with E-state index in [9.17, 15) is 19.5 Å². The molecule has 2 atom stereocenters. The zero-order valence-corrected chi connectivity index (χ0v) is 15.8. The highest BCUT2D eigenvalue weighted by molar-refractivity contribution is 6.36. The number of ether oxygens (including phenoxy) is 1. The van der Waals surface area contributed by atoms with E-state index in [4.69, 9.17) is 4.74 Å². The molecule has 1 aromatic rings. The SMILES string of the molecule is CCOC(=O)C(CCc1ccccc1)=N[C@@H](C)C(=O)N1CCC[C@H]1C(=O)O. The Kier molecular flexibility index (Phi) is 7.52. The lowest BCUT2D eigenvalue weighted by Gasteiger charge is -2.23. The molecule has 1 aliphatic heterocycles. The van der Waals surface area contributed by atoms with E-state index in [-0.39, 0.29) is 18.2 Å². The molecule has 1 aliphatic rings. The Morgan fingerprint density at radius 3 is 2.63 bits per heavy atom. The van der Waals surface area contributed by atoms with Gasteiger partial charge in [0.15, 0.2) is 0 Å².